The van der Waals surface area contributed by atoms with Crippen LogP contribution in [0.5, 0.6) is 0 Å². The number of nitriles is 1. The maximum absolute atomic E-state index is 9.31. The zero-order valence-electron chi connectivity index (χ0n) is 8.90. The fourth-order valence-corrected chi connectivity index (χ4v) is 1.22. The Labute approximate surface area is 90.4 Å². The van der Waals surface area contributed by atoms with Crippen LogP contribution in [-0.4, -0.2) is 17.8 Å². The van der Waals surface area contributed by atoms with Crippen molar-refractivity contribution in [3.8, 4) is 6.07 Å². The summed E-state index contributed by atoms with van der Waals surface area (Å²) in [5.41, 5.74) is 1.80. The van der Waals surface area contributed by atoms with Gasteiger partial charge in [0.25, 0.3) is 0 Å². The Balaban J connectivity index is 2.35. The third-order valence-corrected chi connectivity index (χ3v) is 2.26. The van der Waals surface area contributed by atoms with Crippen molar-refractivity contribution in [2.45, 2.75) is 26.0 Å². The van der Waals surface area contributed by atoms with E-state index in [4.69, 9.17) is 5.26 Å². The number of hydrogen-bond donors (Lipinski definition) is 2. The summed E-state index contributed by atoms with van der Waals surface area (Å²) in [5.74, 6) is 0. The van der Waals surface area contributed by atoms with Crippen LogP contribution in [0.25, 0.3) is 0 Å². The molecule has 0 amide bonds. The van der Waals surface area contributed by atoms with Crippen LogP contribution in [0, 0.1) is 11.3 Å². The van der Waals surface area contributed by atoms with E-state index < -0.39 is 0 Å². The van der Waals surface area contributed by atoms with Gasteiger partial charge in [-0.05, 0) is 24.1 Å². The Bertz CT molecular complexity index is 326. The smallest absolute Gasteiger partial charge is 0.0991 e. The van der Waals surface area contributed by atoms with E-state index in [2.05, 4.69) is 11.4 Å². The number of aliphatic hydroxyl groups excluding tert-OH is 1. The lowest BCUT2D eigenvalue weighted by molar-refractivity contribution is 0.167. The first-order valence-electron chi connectivity index (χ1n) is 5.14. The highest BCUT2D eigenvalue weighted by molar-refractivity contribution is 5.31. The molecular formula is C12H16N2O. The van der Waals surface area contributed by atoms with Crippen LogP contribution in [0.3, 0.4) is 0 Å². The molecule has 3 nitrogen and oxygen atoms in total. The minimum absolute atomic E-state index is 0.275. The zero-order chi connectivity index (χ0) is 11.1. The third kappa shape index (κ3) is 4.11. The fourth-order valence-electron chi connectivity index (χ4n) is 1.22. The average Bonchev–Trinajstić information content (AvgIpc) is 2.29. The van der Waals surface area contributed by atoms with Crippen molar-refractivity contribution in [2.24, 2.45) is 0 Å². The minimum Gasteiger partial charge on any atom is -0.392 e. The van der Waals surface area contributed by atoms with Gasteiger partial charge in [0, 0.05) is 13.1 Å². The molecule has 1 rings (SSSR count). The first-order valence-corrected chi connectivity index (χ1v) is 5.14. The molecule has 1 unspecified atom stereocenters. The molecule has 0 heterocycles. The summed E-state index contributed by atoms with van der Waals surface area (Å²) in [4.78, 5) is 0. The molecule has 1 aromatic carbocycles. The van der Waals surface area contributed by atoms with Gasteiger partial charge in [0.1, 0.15) is 0 Å². The van der Waals surface area contributed by atoms with E-state index in [0.29, 0.717) is 12.1 Å². The fraction of sp³-hybridized carbons (Fsp3) is 0.417. The van der Waals surface area contributed by atoms with Crippen molar-refractivity contribution in [1.82, 2.24) is 5.32 Å². The van der Waals surface area contributed by atoms with Crippen LogP contribution in [0.2, 0.25) is 0 Å². The summed E-state index contributed by atoms with van der Waals surface area (Å²) < 4.78 is 0. The second-order valence-electron chi connectivity index (χ2n) is 3.50. The van der Waals surface area contributed by atoms with Crippen LogP contribution >= 0.6 is 0 Å². The monoisotopic (exact) mass is 204 g/mol. The molecule has 0 radical (unpaired) electrons. The number of benzene rings is 1. The molecule has 0 aliphatic carbocycles. The Hall–Kier alpha value is -1.37. The number of aliphatic hydroxyl groups is 1. The quantitative estimate of drug-likeness (QED) is 0.762. The van der Waals surface area contributed by atoms with Crippen LogP contribution in [0.4, 0.5) is 0 Å². The summed E-state index contributed by atoms with van der Waals surface area (Å²) in [6.45, 7) is 3.29. The highest BCUT2D eigenvalue weighted by Crippen LogP contribution is 2.02. The molecule has 1 aromatic rings. The molecule has 0 saturated heterocycles. The van der Waals surface area contributed by atoms with Crippen molar-refractivity contribution in [3.63, 3.8) is 0 Å². The van der Waals surface area contributed by atoms with Crippen molar-refractivity contribution in [3.05, 3.63) is 35.4 Å². The minimum atomic E-state index is -0.275. The first kappa shape index (κ1) is 11.7. The first-order chi connectivity index (χ1) is 7.26. The second-order valence-corrected chi connectivity index (χ2v) is 3.50. The van der Waals surface area contributed by atoms with E-state index in [0.717, 1.165) is 18.5 Å². The van der Waals surface area contributed by atoms with E-state index in [1.54, 1.807) is 12.1 Å². The Kier molecular flexibility index (Phi) is 4.82. The Morgan fingerprint density at radius 1 is 1.40 bits per heavy atom. The lowest BCUT2D eigenvalue weighted by Crippen LogP contribution is -2.25. The van der Waals surface area contributed by atoms with Gasteiger partial charge < -0.3 is 10.4 Å². The largest absolute Gasteiger partial charge is 0.392 e. The molecule has 15 heavy (non-hydrogen) atoms. The standard InChI is InChI=1S/C12H16N2O/c1-2-12(15)9-14-8-11-5-3-10(7-13)4-6-11/h3-6,12,14-15H,2,8-9H2,1H3. The van der Waals surface area contributed by atoms with E-state index in [9.17, 15) is 5.11 Å². The zero-order valence-corrected chi connectivity index (χ0v) is 8.90. The second kappa shape index (κ2) is 6.18. The van der Waals surface area contributed by atoms with E-state index in [-0.39, 0.29) is 6.10 Å². The molecule has 0 aliphatic rings. The van der Waals surface area contributed by atoms with E-state index in [1.165, 1.54) is 0 Å². The molecular weight excluding hydrogens is 188 g/mol. The van der Waals surface area contributed by atoms with Crippen LogP contribution in [0.15, 0.2) is 24.3 Å². The van der Waals surface area contributed by atoms with Crippen molar-refractivity contribution < 1.29 is 5.11 Å². The summed E-state index contributed by atoms with van der Waals surface area (Å²) in [5, 5.41) is 21.1. The van der Waals surface area contributed by atoms with Crippen molar-refractivity contribution >= 4 is 0 Å². The highest BCUT2D eigenvalue weighted by atomic mass is 16.3. The van der Waals surface area contributed by atoms with Gasteiger partial charge in [0.15, 0.2) is 0 Å². The molecule has 2 N–H and O–H groups in total. The summed E-state index contributed by atoms with van der Waals surface area (Å²) in [7, 11) is 0. The van der Waals surface area contributed by atoms with Gasteiger partial charge in [0.2, 0.25) is 0 Å². The number of nitrogens with one attached hydrogen (secondary N) is 1. The van der Waals surface area contributed by atoms with Gasteiger partial charge in [-0.3, -0.25) is 0 Å². The molecule has 0 saturated carbocycles. The SMILES string of the molecule is CCC(O)CNCc1ccc(C#N)cc1. The van der Waals surface area contributed by atoms with Gasteiger partial charge in [-0.2, -0.15) is 5.26 Å². The van der Waals surface area contributed by atoms with Gasteiger partial charge in [0.05, 0.1) is 17.7 Å². The number of rotatable bonds is 5. The molecule has 0 bridgehead atoms. The Morgan fingerprint density at radius 2 is 2.07 bits per heavy atom. The normalized spacial score (nSPS) is 12.1. The summed E-state index contributed by atoms with van der Waals surface area (Å²) in [6.07, 6.45) is 0.490. The topological polar surface area (TPSA) is 56.0 Å². The number of nitrogens with zero attached hydrogens (tertiary/aromatic N) is 1. The molecule has 0 fully saturated rings. The van der Waals surface area contributed by atoms with Gasteiger partial charge in [-0.15, -0.1) is 0 Å². The van der Waals surface area contributed by atoms with Crippen LogP contribution in [-0.2, 0) is 6.54 Å². The molecule has 3 heteroatoms. The molecule has 0 aromatic heterocycles. The Morgan fingerprint density at radius 3 is 2.60 bits per heavy atom. The average molecular weight is 204 g/mol. The van der Waals surface area contributed by atoms with Crippen molar-refractivity contribution in [2.75, 3.05) is 6.54 Å². The van der Waals surface area contributed by atoms with Gasteiger partial charge in [-0.25, -0.2) is 0 Å². The van der Waals surface area contributed by atoms with Crippen LogP contribution < -0.4 is 5.32 Å². The molecule has 80 valence electrons. The lowest BCUT2D eigenvalue weighted by Gasteiger charge is -2.09. The van der Waals surface area contributed by atoms with Crippen LogP contribution in [0.1, 0.15) is 24.5 Å². The molecule has 0 aliphatic heterocycles. The number of hydrogen-bond acceptors (Lipinski definition) is 3. The maximum atomic E-state index is 9.31. The van der Waals surface area contributed by atoms with Gasteiger partial charge >= 0.3 is 0 Å². The highest BCUT2D eigenvalue weighted by Gasteiger charge is 1.99. The molecule has 0 spiro atoms. The van der Waals surface area contributed by atoms with Crippen molar-refractivity contribution in [1.29, 1.82) is 5.26 Å². The summed E-state index contributed by atoms with van der Waals surface area (Å²) >= 11 is 0. The van der Waals surface area contributed by atoms with Gasteiger partial charge in [-0.1, -0.05) is 19.1 Å². The molecule has 1 atom stereocenters. The third-order valence-electron chi connectivity index (χ3n) is 2.26. The van der Waals surface area contributed by atoms with E-state index in [1.807, 2.05) is 19.1 Å². The predicted octanol–water partition coefficient (Wildman–Crippen LogP) is 1.42. The summed E-state index contributed by atoms with van der Waals surface area (Å²) in [6, 6.07) is 9.52. The van der Waals surface area contributed by atoms with E-state index >= 15 is 0 Å². The lowest BCUT2D eigenvalue weighted by atomic mass is 10.1. The predicted molar refractivity (Wildman–Crippen MR) is 59.2 cm³/mol. The maximum Gasteiger partial charge on any atom is 0.0991 e.